The molecule has 0 N–H and O–H groups in total. The average Bonchev–Trinajstić information content (AvgIpc) is 3.36. The molecule has 2 aromatic carbocycles. The number of fused-ring (bicyclic) bond motifs is 1. The van der Waals surface area contributed by atoms with E-state index in [0.717, 1.165) is 70.7 Å². The van der Waals surface area contributed by atoms with Crippen LogP contribution in [0.2, 0.25) is 0 Å². The van der Waals surface area contributed by atoms with Crippen LogP contribution in [0, 0.1) is 5.82 Å². The Morgan fingerprint density at radius 3 is 2.47 bits per heavy atom. The van der Waals surface area contributed by atoms with Gasteiger partial charge in [0.05, 0.1) is 11.7 Å². The summed E-state index contributed by atoms with van der Waals surface area (Å²) in [6.07, 6.45) is 9.22. The van der Waals surface area contributed by atoms with Crippen molar-refractivity contribution in [1.29, 1.82) is 0 Å². The molecule has 0 bridgehead atoms. The van der Waals surface area contributed by atoms with E-state index < -0.39 is 0 Å². The van der Waals surface area contributed by atoms with E-state index in [2.05, 4.69) is 49.1 Å². The Morgan fingerprint density at radius 1 is 0.861 bits per heavy atom. The van der Waals surface area contributed by atoms with Gasteiger partial charge >= 0.3 is 0 Å². The van der Waals surface area contributed by atoms with Gasteiger partial charge in [0.2, 0.25) is 0 Å². The first kappa shape index (κ1) is 22.3. The molecule has 8 heteroatoms. The van der Waals surface area contributed by atoms with Gasteiger partial charge < -0.3 is 4.90 Å². The number of aryl methyl sites for hydroxylation is 1. The predicted octanol–water partition coefficient (Wildman–Crippen LogP) is 4.55. The van der Waals surface area contributed by atoms with Gasteiger partial charge in [-0.1, -0.05) is 18.2 Å². The van der Waals surface area contributed by atoms with Crippen molar-refractivity contribution in [1.82, 2.24) is 29.6 Å². The molecule has 0 atom stereocenters. The van der Waals surface area contributed by atoms with Crippen LogP contribution in [-0.2, 0) is 13.6 Å². The van der Waals surface area contributed by atoms with Gasteiger partial charge in [-0.2, -0.15) is 5.10 Å². The van der Waals surface area contributed by atoms with Crippen LogP contribution < -0.4 is 4.90 Å². The molecule has 0 unspecified atom stereocenters. The second kappa shape index (κ2) is 9.47. The molecule has 1 fully saturated rings. The summed E-state index contributed by atoms with van der Waals surface area (Å²) < 4.78 is 15.8. The second-order valence-electron chi connectivity index (χ2n) is 9.14. The molecule has 7 nitrogen and oxygen atoms in total. The standard InChI is InChI=1S/C28H26FN7/c1-34-17-23(15-33-34)22-12-24(25-16-30-19-32-27(25)13-22)20-6-7-28(31-14-20)36-10-8-35(9-11-36)18-21-4-2-3-5-26(21)29/h2-7,12-17,19H,8-11,18H2,1H3. The Bertz CT molecular complexity index is 1500. The third kappa shape index (κ3) is 4.43. The molecule has 3 aromatic heterocycles. The minimum Gasteiger partial charge on any atom is -0.354 e. The van der Waals surface area contributed by atoms with Gasteiger partial charge in [0.25, 0.3) is 0 Å². The Hall–Kier alpha value is -4.17. The third-order valence-electron chi connectivity index (χ3n) is 6.77. The van der Waals surface area contributed by atoms with E-state index in [1.807, 2.05) is 44.0 Å². The maximum Gasteiger partial charge on any atom is 0.128 e. The minimum absolute atomic E-state index is 0.136. The zero-order valence-electron chi connectivity index (χ0n) is 20.0. The van der Waals surface area contributed by atoms with Crippen LogP contribution in [0.15, 0.2) is 79.6 Å². The smallest absolute Gasteiger partial charge is 0.128 e. The van der Waals surface area contributed by atoms with E-state index in [1.165, 1.54) is 6.07 Å². The maximum absolute atomic E-state index is 14.0. The summed E-state index contributed by atoms with van der Waals surface area (Å²) in [6.45, 7) is 4.08. The van der Waals surface area contributed by atoms with Gasteiger partial charge in [0.15, 0.2) is 0 Å². The van der Waals surface area contributed by atoms with Gasteiger partial charge in [-0.05, 0) is 41.5 Å². The van der Waals surface area contributed by atoms with Crippen LogP contribution >= 0.6 is 0 Å². The lowest BCUT2D eigenvalue weighted by molar-refractivity contribution is 0.246. The van der Waals surface area contributed by atoms with E-state index in [0.29, 0.717) is 6.54 Å². The fourth-order valence-corrected chi connectivity index (χ4v) is 4.79. The Morgan fingerprint density at radius 2 is 1.72 bits per heavy atom. The first-order chi connectivity index (χ1) is 17.6. The quantitative estimate of drug-likeness (QED) is 0.369. The molecule has 180 valence electrons. The van der Waals surface area contributed by atoms with Crippen LogP contribution in [0.3, 0.4) is 0 Å². The van der Waals surface area contributed by atoms with Crippen molar-refractivity contribution < 1.29 is 4.39 Å². The lowest BCUT2D eigenvalue weighted by Gasteiger charge is -2.35. The fraction of sp³-hybridized carbons (Fsp3) is 0.214. The highest BCUT2D eigenvalue weighted by atomic mass is 19.1. The Balaban J connectivity index is 1.22. The molecule has 0 spiro atoms. The normalized spacial score (nSPS) is 14.4. The van der Waals surface area contributed by atoms with Crippen LogP contribution in [0.25, 0.3) is 33.2 Å². The summed E-state index contributed by atoms with van der Waals surface area (Å²) in [5, 5.41) is 5.30. The van der Waals surface area contributed by atoms with E-state index in [9.17, 15) is 4.39 Å². The summed E-state index contributed by atoms with van der Waals surface area (Å²) in [5.41, 5.74) is 5.79. The monoisotopic (exact) mass is 479 g/mol. The van der Waals surface area contributed by atoms with Crippen molar-refractivity contribution in [2.45, 2.75) is 6.54 Å². The topological polar surface area (TPSA) is 63.0 Å². The number of piperazine rings is 1. The summed E-state index contributed by atoms with van der Waals surface area (Å²) in [7, 11) is 1.91. The minimum atomic E-state index is -0.136. The highest BCUT2D eigenvalue weighted by Gasteiger charge is 2.19. The molecular formula is C28H26FN7. The number of benzene rings is 2. The molecule has 0 aliphatic carbocycles. The molecule has 1 aliphatic heterocycles. The molecule has 5 aromatic rings. The number of nitrogens with zero attached hydrogens (tertiary/aromatic N) is 7. The molecular weight excluding hydrogens is 453 g/mol. The first-order valence-corrected chi connectivity index (χ1v) is 12.0. The lowest BCUT2D eigenvalue weighted by atomic mass is 9.97. The number of aromatic nitrogens is 5. The molecule has 1 aliphatic rings. The van der Waals surface area contributed by atoms with E-state index >= 15 is 0 Å². The van der Waals surface area contributed by atoms with Crippen molar-refractivity contribution in [3.05, 3.63) is 91.0 Å². The van der Waals surface area contributed by atoms with Crippen molar-refractivity contribution >= 4 is 16.7 Å². The lowest BCUT2D eigenvalue weighted by Crippen LogP contribution is -2.46. The summed E-state index contributed by atoms with van der Waals surface area (Å²) in [4.78, 5) is 18.1. The molecule has 4 heterocycles. The van der Waals surface area contributed by atoms with Crippen LogP contribution in [0.5, 0.6) is 0 Å². The zero-order valence-corrected chi connectivity index (χ0v) is 20.0. The SMILES string of the molecule is Cn1cc(-c2cc(-c3ccc(N4CCN(Cc5ccccc5F)CC4)nc3)c3cncnc3c2)cn1. The molecule has 0 saturated carbocycles. The fourth-order valence-electron chi connectivity index (χ4n) is 4.79. The third-order valence-corrected chi connectivity index (χ3v) is 6.77. The highest BCUT2D eigenvalue weighted by Crippen LogP contribution is 2.33. The number of halogens is 1. The molecule has 36 heavy (non-hydrogen) atoms. The predicted molar refractivity (Wildman–Crippen MR) is 139 cm³/mol. The average molecular weight is 480 g/mol. The van der Waals surface area contributed by atoms with Gasteiger partial charge in [0.1, 0.15) is 18.0 Å². The van der Waals surface area contributed by atoms with Crippen molar-refractivity contribution in [3.63, 3.8) is 0 Å². The number of anilines is 1. The summed E-state index contributed by atoms with van der Waals surface area (Å²) in [5.74, 6) is 0.816. The van der Waals surface area contributed by atoms with Crippen LogP contribution in [0.1, 0.15) is 5.56 Å². The summed E-state index contributed by atoms with van der Waals surface area (Å²) in [6, 6.07) is 15.4. The van der Waals surface area contributed by atoms with Crippen LogP contribution in [-0.4, -0.2) is 55.8 Å². The Kier molecular flexibility index (Phi) is 5.87. The largest absolute Gasteiger partial charge is 0.354 e. The molecule has 6 rings (SSSR count). The number of hydrogen-bond acceptors (Lipinski definition) is 6. The van der Waals surface area contributed by atoms with Crippen molar-refractivity contribution in [2.24, 2.45) is 7.05 Å². The van der Waals surface area contributed by atoms with Crippen LogP contribution in [0.4, 0.5) is 10.2 Å². The molecule has 0 radical (unpaired) electrons. The van der Waals surface area contributed by atoms with Gasteiger partial charge in [-0.25, -0.2) is 19.3 Å². The zero-order chi connectivity index (χ0) is 24.5. The van der Waals surface area contributed by atoms with Crippen molar-refractivity contribution in [2.75, 3.05) is 31.1 Å². The van der Waals surface area contributed by atoms with Gasteiger partial charge in [-0.3, -0.25) is 9.58 Å². The van der Waals surface area contributed by atoms with E-state index in [-0.39, 0.29) is 5.82 Å². The van der Waals surface area contributed by atoms with Crippen molar-refractivity contribution in [3.8, 4) is 22.3 Å². The van der Waals surface area contributed by atoms with Gasteiger partial charge in [-0.15, -0.1) is 0 Å². The molecule has 0 amide bonds. The Labute approximate surface area is 208 Å². The first-order valence-electron chi connectivity index (χ1n) is 12.0. The van der Waals surface area contributed by atoms with E-state index in [1.54, 1.807) is 17.1 Å². The summed E-state index contributed by atoms with van der Waals surface area (Å²) >= 11 is 0. The number of rotatable bonds is 5. The second-order valence-corrected chi connectivity index (χ2v) is 9.14. The molecule has 1 saturated heterocycles. The van der Waals surface area contributed by atoms with Gasteiger partial charge in [0, 0.05) is 80.4 Å². The van der Waals surface area contributed by atoms with E-state index in [4.69, 9.17) is 4.98 Å². The number of hydrogen-bond donors (Lipinski definition) is 0. The highest BCUT2D eigenvalue weighted by molar-refractivity contribution is 5.97. The number of pyridine rings is 1. The maximum atomic E-state index is 14.0.